The van der Waals surface area contributed by atoms with Crippen LogP contribution >= 0.6 is 0 Å². The fourth-order valence-corrected chi connectivity index (χ4v) is 1.68. The van der Waals surface area contributed by atoms with Crippen molar-refractivity contribution in [3.05, 3.63) is 29.3 Å². The Kier molecular flexibility index (Phi) is 4.51. The van der Waals surface area contributed by atoms with E-state index in [0.29, 0.717) is 5.56 Å². The molecule has 7 nitrogen and oxygen atoms in total. The predicted octanol–water partition coefficient (Wildman–Crippen LogP) is -0.805. The number of hydrogen-bond donors (Lipinski definition) is 7. The van der Waals surface area contributed by atoms with E-state index >= 15 is 0 Å². The van der Waals surface area contributed by atoms with Crippen molar-refractivity contribution in [1.82, 2.24) is 10.6 Å². The van der Waals surface area contributed by atoms with Crippen LogP contribution in [0.2, 0.25) is 0 Å². The highest BCUT2D eigenvalue weighted by Crippen LogP contribution is 2.23. The van der Waals surface area contributed by atoms with Crippen LogP contribution < -0.4 is 10.6 Å². The van der Waals surface area contributed by atoms with Gasteiger partial charge in [-0.25, -0.2) is 10.6 Å². The van der Waals surface area contributed by atoms with E-state index in [1.807, 2.05) is 0 Å². The molecule has 0 saturated heterocycles. The van der Waals surface area contributed by atoms with E-state index in [1.165, 1.54) is 12.1 Å². The van der Waals surface area contributed by atoms with E-state index in [9.17, 15) is 25.5 Å². The van der Waals surface area contributed by atoms with Gasteiger partial charge in [0.15, 0.2) is 0 Å². The molecule has 1 aromatic rings. The zero-order valence-corrected chi connectivity index (χ0v) is 11.0. The summed E-state index contributed by atoms with van der Waals surface area (Å²) in [7, 11) is 0. The Morgan fingerprint density at radius 1 is 1.00 bits per heavy atom. The maximum atomic E-state index is 9.48. The van der Waals surface area contributed by atoms with Gasteiger partial charge >= 0.3 is 0 Å². The molecule has 0 aliphatic heterocycles. The van der Waals surface area contributed by atoms with Crippen molar-refractivity contribution < 1.29 is 25.5 Å². The summed E-state index contributed by atoms with van der Waals surface area (Å²) in [6.07, 6.45) is -0.993. The quantitative estimate of drug-likeness (QED) is 0.350. The lowest BCUT2D eigenvalue weighted by molar-refractivity contribution is -0.206. The Labute approximate surface area is 111 Å². The minimum absolute atomic E-state index is 0.0237. The Bertz CT molecular complexity index is 421. The summed E-state index contributed by atoms with van der Waals surface area (Å²) in [5.74, 6) is -4.49. The number of phenolic OH excluding ortho intramolecular Hbond substituents is 1. The molecule has 0 bridgehead atoms. The molecular weight excluding hydrogens is 252 g/mol. The van der Waals surface area contributed by atoms with Crippen molar-refractivity contribution in [3.63, 3.8) is 0 Å². The van der Waals surface area contributed by atoms with E-state index in [2.05, 4.69) is 10.6 Å². The third-order valence-electron chi connectivity index (χ3n) is 2.41. The molecule has 1 rings (SSSR count). The third kappa shape index (κ3) is 5.52. The predicted molar refractivity (Wildman–Crippen MR) is 67.5 cm³/mol. The third-order valence-corrected chi connectivity index (χ3v) is 2.41. The van der Waals surface area contributed by atoms with E-state index in [4.69, 9.17) is 0 Å². The molecule has 108 valence electrons. The molecule has 0 radical (unpaired) electrons. The van der Waals surface area contributed by atoms with E-state index in [1.54, 1.807) is 13.0 Å². The number of aliphatic hydroxyl groups is 4. The lowest BCUT2D eigenvalue weighted by Gasteiger charge is -2.32. The molecule has 1 aromatic carbocycles. The summed E-state index contributed by atoms with van der Waals surface area (Å²) in [5, 5.41) is 51.7. The zero-order chi connectivity index (χ0) is 14.8. The number of aryl methyl sites for hydroxylation is 1. The van der Waals surface area contributed by atoms with Crippen molar-refractivity contribution in [2.75, 3.05) is 0 Å². The van der Waals surface area contributed by atoms with Crippen LogP contribution in [0.3, 0.4) is 0 Å². The Morgan fingerprint density at radius 2 is 1.47 bits per heavy atom. The molecule has 0 saturated carbocycles. The zero-order valence-electron chi connectivity index (χ0n) is 11.0. The standard InChI is InChI=1S/C12H20N2O5/c1-7-4-5-8(15)6-9(7)10(13-11(2,16)17)14-12(3,18)19/h4-6,10,13-19H,1-3H3. The van der Waals surface area contributed by atoms with E-state index in [-0.39, 0.29) is 5.75 Å². The molecule has 0 spiro atoms. The van der Waals surface area contributed by atoms with Gasteiger partial charge in [0, 0.05) is 13.8 Å². The molecule has 0 heterocycles. The van der Waals surface area contributed by atoms with E-state index in [0.717, 1.165) is 19.4 Å². The van der Waals surface area contributed by atoms with Crippen LogP contribution in [-0.2, 0) is 0 Å². The first-order valence-corrected chi connectivity index (χ1v) is 5.72. The summed E-state index contributed by atoms with van der Waals surface area (Å²) in [6, 6.07) is 4.49. The Morgan fingerprint density at radius 3 is 1.89 bits per heavy atom. The van der Waals surface area contributed by atoms with Crippen molar-refractivity contribution in [3.8, 4) is 5.75 Å². The van der Waals surface area contributed by atoms with Crippen LogP contribution in [0.4, 0.5) is 0 Å². The lowest BCUT2D eigenvalue weighted by Crippen LogP contribution is -2.55. The molecule has 7 heteroatoms. The molecular formula is C12H20N2O5. The van der Waals surface area contributed by atoms with Gasteiger partial charge in [-0.3, -0.25) is 0 Å². The number of phenols is 1. The molecule has 0 unspecified atom stereocenters. The monoisotopic (exact) mass is 272 g/mol. The number of hydrogen-bond acceptors (Lipinski definition) is 7. The van der Waals surface area contributed by atoms with Crippen LogP contribution in [-0.4, -0.2) is 37.4 Å². The molecule has 0 aliphatic rings. The maximum Gasteiger partial charge on any atom is 0.220 e. The van der Waals surface area contributed by atoms with Crippen LogP contribution in [0.15, 0.2) is 18.2 Å². The molecule has 0 fully saturated rings. The number of rotatable bonds is 5. The van der Waals surface area contributed by atoms with Crippen LogP contribution in [0, 0.1) is 6.92 Å². The number of benzene rings is 1. The molecule has 0 aliphatic carbocycles. The topological polar surface area (TPSA) is 125 Å². The summed E-state index contributed by atoms with van der Waals surface area (Å²) in [4.78, 5) is 0. The Hall–Kier alpha value is -1.22. The van der Waals surface area contributed by atoms with Gasteiger partial charge in [0.1, 0.15) is 5.75 Å². The SMILES string of the molecule is Cc1ccc(O)cc1C(NC(C)(O)O)NC(C)(O)O. The minimum Gasteiger partial charge on any atom is -0.508 e. The molecule has 0 atom stereocenters. The van der Waals surface area contributed by atoms with Gasteiger partial charge in [-0.1, -0.05) is 6.07 Å². The van der Waals surface area contributed by atoms with Gasteiger partial charge in [-0.05, 0) is 30.2 Å². The van der Waals surface area contributed by atoms with Gasteiger partial charge in [0.25, 0.3) is 0 Å². The second-order valence-electron chi connectivity index (χ2n) is 4.80. The van der Waals surface area contributed by atoms with Gasteiger partial charge in [0.05, 0.1) is 6.17 Å². The van der Waals surface area contributed by atoms with Crippen molar-refractivity contribution in [2.24, 2.45) is 0 Å². The second-order valence-corrected chi connectivity index (χ2v) is 4.80. The summed E-state index contributed by atoms with van der Waals surface area (Å²) in [6.45, 7) is 3.92. The second kappa shape index (κ2) is 5.41. The first-order chi connectivity index (χ1) is 8.48. The smallest absolute Gasteiger partial charge is 0.220 e. The van der Waals surface area contributed by atoms with Gasteiger partial charge in [0.2, 0.25) is 11.8 Å². The Balaban J connectivity index is 3.11. The number of nitrogens with one attached hydrogen (secondary N) is 2. The highest BCUT2D eigenvalue weighted by Gasteiger charge is 2.28. The van der Waals surface area contributed by atoms with Crippen molar-refractivity contribution in [1.29, 1.82) is 0 Å². The molecule has 0 amide bonds. The van der Waals surface area contributed by atoms with Crippen LogP contribution in [0.1, 0.15) is 31.1 Å². The largest absolute Gasteiger partial charge is 0.508 e. The van der Waals surface area contributed by atoms with Gasteiger partial charge in [-0.15, -0.1) is 0 Å². The fraction of sp³-hybridized carbons (Fsp3) is 0.500. The first kappa shape index (κ1) is 15.8. The molecule has 7 N–H and O–H groups in total. The maximum absolute atomic E-state index is 9.48. The average Bonchev–Trinajstić information content (AvgIpc) is 2.16. The highest BCUT2D eigenvalue weighted by atomic mass is 16.5. The van der Waals surface area contributed by atoms with E-state index < -0.39 is 18.0 Å². The van der Waals surface area contributed by atoms with Gasteiger partial charge in [-0.2, -0.15) is 0 Å². The van der Waals surface area contributed by atoms with Gasteiger partial charge < -0.3 is 25.5 Å². The van der Waals surface area contributed by atoms with Crippen molar-refractivity contribution in [2.45, 2.75) is 38.8 Å². The average molecular weight is 272 g/mol. The lowest BCUT2D eigenvalue weighted by atomic mass is 10.0. The minimum atomic E-state index is -2.24. The normalized spacial score (nSPS) is 13.1. The molecule has 19 heavy (non-hydrogen) atoms. The summed E-state index contributed by atoms with van der Waals surface area (Å²) >= 11 is 0. The van der Waals surface area contributed by atoms with Crippen molar-refractivity contribution >= 4 is 0 Å². The highest BCUT2D eigenvalue weighted by molar-refractivity contribution is 5.36. The molecule has 0 aromatic heterocycles. The first-order valence-electron chi connectivity index (χ1n) is 5.72. The van der Waals surface area contributed by atoms with Crippen LogP contribution in [0.25, 0.3) is 0 Å². The number of aromatic hydroxyl groups is 1. The fourth-order valence-electron chi connectivity index (χ4n) is 1.68. The summed E-state index contributed by atoms with van der Waals surface area (Å²) in [5.41, 5.74) is 1.17. The van der Waals surface area contributed by atoms with Crippen LogP contribution in [0.5, 0.6) is 5.75 Å². The summed E-state index contributed by atoms with van der Waals surface area (Å²) < 4.78 is 0.